The van der Waals surface area contributed by atoms with E-state index in [-0.39, 0.29) is 34.5 Å². The monoisotopic (exact) mass is 244 g/mol. The summed E-state index contributed by atoms with van der Waals surface area (Å²) in [5, 5.41) is 10.8. The summed E-state index contributed by atoms with van der Waals surface area (Å²) >= 11 is 0. The Morgan fingerprint density at radius 2 is 1.81 bits per heavy atom. The SMILES string of the molecule is CC(C)(C)[C@H](N)c1ccccc1[N+](=O)[O-].Cl. The van der Waals surface area contributed by atoms with Gasteiger partial charge in [0.15, 0.2) is 0 Å². The van der Waals surface area contributed by atoms with Crippen LogP contribution in [0.3, 0.4) is 0 Å². The van der Waals surface area contributed by atoms with Gasteiger partial charge in [-0.3, -0.25) is 10.1 Å². The molecule has 0 saturated heterocycles. The number of rotatable bonds is 2. The molecule has 0 aliphatic heterocycles. The third-order valence-corrected chi connectivity index (χ3v) is 2.40. The quantitative estimate of drug-likeness (QED) is 0.642. The maximum Gasteiger partial charge on any atom is 0.274 e. The Balaban J connectivity index is 0.00000225. The fourth-order valence-electron chi connectivity index (χ4n) is 1.38. The zero-order valence-electron chi connectivity index (χ0n) is 9.64. The van der Waals surface area contributed by atoms with Gasteiger partial charge in [-0.05, 0) is 5.41 Å². The molecule has 5 heteroatoms. The number of nitrogens with zero attached hydrogens (tertiary/aromatic N) is 1. The summed E-state index contributed by atoms with van der Waals surface area (Å²) in [6, 6.07) is 6.29. The average Bonchev–Trinajstić information content (AvgIpc) is 2.15. The Bertz CT molecular complexity index is 374. The highest BCUT2D eigenvalue weighted by Gasteiger charge is 2.27. The standard InChI is InChI=1S/C11H16N2O2.ClH/c1-11(2,3)10(12)8-6-4-5-7-9(8)13(14)15;/h4-7,10H,12H2,1-3H3;1H/t10-;/m1./s1. The second kappa shape index (κ2) is 5.27. The molecule has 0 aliphatic carbocycles. The zero-order chi connectivity index (χ0) is 11.6. The second-order valence-corrected chi connectivity index (χ2v) is 4.66. The number of hydrogen-bond donors (Lipinski definition) is 1. The van der Waals surface area contributed by atoms with Crippen LogP contribution in [0.2, 0.25) is 0 Å². The summed E-state index contributed by atoms with van der Waals surface area (Å²) < 4.78 is 0. The lowest BCUT2D eigenvalue weighted by molar-refractivity contribution is -0.385. The van der Waals surface area contributed by atoms with Crippen LogP contribution < -0.4 is 5.73 Å². The summed E-state index contributed by atoms with van der Waals surface area (Å²) in [5.41, 5.74) is 6.51. The maximum atomic E-state index is 10.8. The van der Waals surface area contributed by atoms with Gasteiger partial charge in [0.1, 0.15) is 0 Å². The molecule has 1 atom stereocenters. The molecule has 0 spiro atoms. The van der Waals surface area contributed by atoms with Gasteiger partial charge in [0.25, 0.3) is 5.69 Å². The fourth-order valence-corrected chi connectivity index (χ4v) is 1.38. The van der Waals surface area contributed by atoms with Crippen LogP contribution in [0, 0.1) is 15.5 Å². The van der Waals surface area contributed by atoms with Gasteiger partial charge in [0.05, 0.1) is 4.92 Å². The molecular formula is C11H17ClN2O2. The first-order valence-corrected chi connectivity index (χ1v) is 4.83. The molecule has 16 heavy (non-hydrogen) atoms. The Kier molecular flexibility index (Phi) is 4.90. The predicted molar refractivity (Wildman–Crippen MR) is 66.7 cm³/mol. The van der Waals surface area contributed by atoms with Crippen molar-refractivity contribution in [2.24, 2.45) is 11.1 Å². The Morgan fingerprint density at radius 3 is 2.25 bits per heavy atom. The second-order valence-electron chi connectivity index (χ2n) is 4.66. The smallest absolute Gasteiger partial charge is 0.274 e. The summed E-state index contributed by atoms with van der Waals surface area (Å²) in [4.78, 5) is 10.4. The lowest BCUT2D eigenvalue weighted by Gasteiger charge is -2.26. The summed E-state index contributed by atoms with van der Waals surface area (Å²) in [6.07, 6.45) is 0. The normalized spacial score (nSPS) is 12.8. The van der Waals surface area contributed by atoms with Crippen LogP contribution in [0.25, 0.3) is 0 Å². The van der Waals surface area contributed by atoms with Gasteiger partial charge < -0.3 is 5.73 Å². The highest BCUT2D eigenvalue weighted by Crippen LogP contribution is 2.34. The molecule has 1 aromatic rings. The highest BCUT2D eigenvalue weighted by molar-refractivity contribution is 5.85. The molecule has 0 aromatic heterocycles. The first-order chi connectivity index (χ1) is 6.84. The van der Waals surface area contributed by atoms with Crippen molar-refractivity contribution in [3.8, 4) is 0 Å². The van der Waals surface area contributed by atoms with Gasteiger partial charge in [-0.1, -0.05) is 39.0 Å². The summed E-state index contributed by atoms with van der Waals surface area (Å²) in [7, 11) is 0. The van der Waals surface area contributed by atoms with Gasteiger partial charge in [-0.2, -0.15) is 0 Å². The van der Waals surface area contributed by atoms with Crippen LogP contribution in [0.4, 0.5) is 5.69 Å². The Morgan fingerprint density at radius 1 is 1.31 bits per heavy atom. The first kappa shape index (κ1) is 14.9. The number of nitrogens with two attached hydrogens (primary N) is 1. The topological polar surface area (TPSA) is 69.2 Å². The molecule has 0 aliphatic rings. The van der Waals surface area contributed by atoms with E-state index in [0.717, 1.165) is 0 Å². The number of hydrogen-bond acceptors (Lipinski definition) is 3. The van der Waals surface area contributed by atoms with Crippen molar-refractivity contribution in [3.63, 3.8) is 0 Å². The molecule has 0 radical (unpaired) electrons. The van der Waals surface area contributed by atoms with E-state index in [4.69, 9.17) is 5.73 Å². The number of nitro benzene ring substituents is 1. The predicted octanol–water partition coefficient (Wildman–Crippen LogP) is 3.06. The molecule has 0 saturated carbocycles. The highest BCUT2D eigenvalue weighted by atomic mass is 35.5. The summed E-state index contributed by atoms with van der Waals surface area (Å²) in [5.74, 6) is 0. The van der Waals surface area contributed by atoms with Crippen molar-refractivity contribution >= 4 is 18.1 Å². The van der Waals surface area contributed by atoms with E-state index in [2.05, 4.69) is 0 Å². The van der Waals surface area contributed by atoms with E-state index in [1.54, 1.807) is 18.2 Å². The molecule has 0 unspecified atom stereocenters. The molecule has 0 amide bonds. The molecule has 1 rings (SSSR count). The number of halogens is 1. The van der Waals surface area contributed by atoms with Gasteiger partial charge >= 0.3 is 0 Å². The number of benzene rings is 1. The lowest BCUT2D eigenvalue weighted by Crippen LogP contribution is -2.26. The van der Waals surface area contributed by atoms with Gasteiger partial charge in [-0.25, -0.2) is 0 Å². The van der Waals surface area contributed by atoms with Crippen molar-refractivity contribution in [2.75, 3.05) is 0 Å². The molecule has 4 nitrogen and oxygen atoms in total. The minimum absolute atomic E-state index is 0. The minimum Gasteiger partial charge on any atom is -0.323 e. The van der Waals surface area contributed by atoms with Crippen LogP contribution >= 0.6 is 12.4 Å². The molecular weight excluding hydrogens is 228 g/mol. The third-order valence-electron chi connectivity index (χ3n) is 2.40. The third kappa shape index (κ3) is 3.18. The molecule has 2 N–H and O–H groups in total. The molecule has 0 heterocycles. The van der Waals surface area contributed by atoms with Crippen molar-refractivity contribution in [3.05, 3.63) is 39.9 Å². The van der Waals surface area contributed by atoms with Crippen molar-refractivity contribution in [1.29, 1.82) is 0 Å². The van der Waals surface area contributed by atoms with Gasteiger partial charge in [0, 0.05) is 17.7 Å². The lowest BCUT2D eigenvalue weighted by atomic mass is 9.82. The van der Waals surface area contributed by atoms with Gasteiger partial charge in [-0.15, -0.1) is 12.4 Å². The van der Waals surface area contributed by atoms with E-state index < -0.39 is 0 Å². The van der Waals surface area contributed by atoms with Crippen molar-refractivity contribution in [2.45, 2.75) is 26.8 Å². The van der Waals surface area contributed by atoms with Crippen LogP contribution in [-0.2, 0) is 0 Å². The van der Waals surface area contributed by atoms with E-state index in [0.29, 0.717) is 5.56 Å². The van der Waals surface area contributed by atoms with Crippen molar-refractivity contribution < 1.29 is 4.92 Å². The van der Waals surface area contributed by atoms with E-state index in [1.807, 2.05) is 20.8 Å². The van der Waals surface area contributed by atoms with E-state index >= 15 is 0 Å². The largest absolute Gasteiger partial charge is 0.323 e. The van der Waals surface area contributed by atoms with Crippen LogP contribution in [-0.4, -0.2) is 4.92 Å². The average molecular weight is 245 g/mol. The maximum absolute atomic E-state index is 10.8. The number of para-hydroxylation sites is 1. The molecule has 0 bridgehead atoms. The minimum atomic E-state index is -0.388. The number of nitro groups is 1. The summed E-state index contributed by atoms with van der Waals surface area (Å²) in [6.45, 7) is 5.90. The molecule has 90 valence electrons. The van der Waals surface area contributed by atoms with E-state index in [1.165, 1.54) is 6.07 Å². The van der Waals surface area contributed by atoms with Crippen LogP contribution in [0.1, 0.15) is 32.4 Å². The molecule has 1 aromatic carbocycles. The van der Waals surface area contributed by atoms with Gasteiger partial charge in [0.2, 0.25) is 0 Å². The van der Waals surface area contributed by atoms with E-state index in [9.17, 15) is 10.1 Å². The Labute approximate surface area is 101 Å². The fraction of sp³-hybridized carbons (Fsp3) is 0.455. The first-order valence-electron chi connectivity index (χ1n) is 4.83. The van der Waals surface area contributed by atoms with Crippen LogP contribution in [0.5, 0.6) is 0 Å². The molecule has 0 fully saturated rings. The van der Waals surface area contributed by atoms with Crippen molar-refractivity contribution in [1.82, 2.24) is 0 Å². The zero-order valence-corrected chi connectivity index (χ0v) is 10.5. The van der Waals surface area contributed by atoms with Crippen LogP contribution in [0.15, 0.2) is 24.3 Å². The Hall–Kier alpha value is -1.13.